The highest BCUT2D eigenvalue weighted by Crippen LogP contribution is 2.44. The molecule has 570 valence electrons. The zero-order valence-electron chi connectivity index (χ0n) is 71.4. The molecular formula is C108H138. The Morgan fingerprint density at radius 1 is 0.278 bits per heavy atom. The smallest absolute Gasteiger partial charge is 0.0251 e. The number of benzene rings is 10. The summed E-state index contributed by atoms with van der Waals surface area (Å²) in [6, 6.07) is 81.0. The van der Waals surface area contributed by atoms with Gasteiger partial charge in [-0.3, -0.25) is 0 Å². The second-order valence-corrected chi connectivity index (χ2v) is 34.1. The number of allylic oxidation sites excluding steroid dienone is 2. The molecule has 0 aliphatic heterocycles. The van der Waals surface area contributed by atoms with Crippen LogP contribution in [0.4, 0.5) is 0 Å². The number of hydrogen-bond donors (Lipinski definition) is 0. The van der Waals surface area contributed by atoms with E-state index in [9.17, 15) is 0 Å². The molecule has 0 heterocycles. The summed E-state index contributed by atoms with van der Waals surface area (Å²) in [5, 5.41) is 5.24. The third kappa shape index (κ3) is 31.1. The average Bonchev–Trinajstić information content (AvgIpc) is 1.52. The molecule has 0 nitrogen and oxygen atoms in total. The van der Waals surface area contributed by atoms with E-state index in [2.05, 4.69) is 433 Å². The highest BCUT2D eigenvalue weighted by molar-refractivity contribution is 5.86. The number of fused-ring (bicyclic) bond motifs is 2. The summed E-state index contributed by atoms with van der Waals surface area (Å²) in [7, 11) is 0. The third-order valence-corrected chi connectivity index (χ3v) is 20.4. The van der Waals surface area contributed by atoms with E-state index in [0.717, 1.165) is 23.0 Å². The van der Waals surface area contributed by atoms with Crippen molar-refractivity contribution in [1.29, 1.82) is 0 Å². The van der Waals surface area contributed by atoms with Gasteiger partial charge in [0.1, 0.15) is 0 Å². The predicted molar refractivity (Wildman–Crippen MR) is 482 cm³/mol. The molecule has 0 spiro atoms. The van der Waals surface area contributed by atoms with Crippen molar-refractivity contribution in [2.24, 2.45) is 23.7 Å². The topological polar surface area (TPSA) is 0 Å². The largest absolute Gasteiger partial charge is 0.0951 e. The van der Waals surface area contributed by atoms with E-state index in [0.29, 0.717) is 71.0 Å². The van der Waals surface area contributed by atoms with Gasteiger partial charge in [0.25, 0.3) is 0 Å². The molecule has 11 rings (SSSR count). The standard InChI is InChI=1S/C23H30.C21H28.C18H22.C18H20.C14H20.C14H18/c1-16(2)18-5-9-20(10-6-18)22-13-14-23(15-22)21-11-7-19(8-12-21)17(3)4;1-16(2)20-12-8-18(9-13-20)6-5-7-19-10-14-21(15-11-19)17(3)4;2*1-13(2)5-6-15-7-8-18-12-16(14(3)4)9-10-17(18)11-15;2*1-11(2)5-6-13-7-9-14(10-8-13)12(3)4/h5-12,16-17,22-23H,13-15H2,1-4H3;8-17H,5-7H2,1-4H3;5-14H,1-4H3;7-14H,1-4H3;5-12H,1-4H3;7-12H,1-4H3/b;;6-5+;;6-5+;. The minimum absolute atomic E-state index is 0.420. The summed E-state index contributed by atoms with van der Waals surface area (Å²) in [5.74, 6) is 21.2. The van der Waals surface area contributed by atoms with Crippen molar-refractivity contribution in [1.82, 2.24) is 0 Å². The van der Waals surface area contributed by atoms with E-state index in [1.165, 1.54) is 138 Å². The van der Waals surface area contributed by atoms with Gasteiger partial charge in [0.05, 0.1) is 0 Å². The molecule has 0 N–H and O–H groups in total. The summed E-state index contributed by atoms with van der Waals surface area (Å²) >= 11 is 0. The monoisotopic (exact) mass is 1440 g/mol. The fourth-order valence-electron chi connectivity index (χ4n) is 13.0. The van der Waals surface area contributed by atoms with E-state index in [1.54, 1.807) is 0 Å². The first kappa shape index (κ1) is 88.2. The van der Waals surface area contributed by atoms with Crippen LogP contribution in [0.25, 0.3) is 33.7 Å². The van der Waals surface area contributed by atoms with Crippen LogP contribution in [0, 0.1) is 47.4 Å². The molecule has 10 aromatic carbocycles. The van der Waals surface area contributed by atoms with Crippen molar-refractivity contribution in [2.45, 2.75) is 264 Å². The van der Waals surface area contributed by atoms with Crippen LogP contribution in [0.2, 0.25) is 0 Å². The predicted octanol–water partition coefficient (Wildman–Crippen LogP) is 32.0. The van der Waals surface area contributed by atoms with Crippen LogP contribution in [0.15, 0.2) is 231 Å². The van der Waals surface area contributed by atoms with Crippen molar-refractivity contribution >= 4 is 33.7 Å². The molecule has 0 amide bonds. The fraction of sp³-hybridized carbons (Fsp3) is 0.407. The lowest BCUT2D eigenvalue weighted by atomic mass is 9.91. The number of aryl methyl sites for hydroxylation is 2. The Kier molecular flexibility index (Phi) is 37.0. The number of rotatable bonds is 18. The molecule has 0 aromatic heterocycles. The maximum atomic E-state index is 3.22. The quantitative estimate of drug-likeness (QED) is 0.0751. The van der Waals surface area contributed by atoms with Crippen molar-refractivity contribution in [3.05, 3.63) is 320 Å². The zero-order chi connectivity index (χ0) is 79.0. The van der Waals surface area contributed by atoms with E-state index >= 15 is 0 Å². The average molecular weight is 1440 g/mol. The van der Waals surface area contributed by atoms with E-state index < -0.39 is 0 Å². The van der Waals surface area contributed by atoms with Crippen LogP contribution in [-0.2, 0) is 12.8 Å². The highest BCUT2D eigenvalue weighted by atomic mass is 14.3. The summed E-state index contributed by atoms with van der Waals surface area (Å²) in [5.41, 5.74) is 22.1. The van der Waals surface area contributed by atoms with Crippen LogP contribution in [0.3, 0.4) is 0 Å². The van der Waals surface area contributed by atoms with E-state index in [1.807, 2.05) is 0 Å². The Hall–Kier alpha value is -8.68. The molecular weight excluding hydrogens is 1300 g/mol. The Labute approximate surface area is 660 Å². The summed E-state index contributed by atoms with van der Waals surface area (Å²) in [4.78, 5) is 0. The van der Waals surface area contributed by atoms with Crippen molar-refractivity contribution in [3.8, 4) is 23.7 Å². The lowest BCUT2D eigenvalue weighted by Gasteiger charge is -2.14. The molecule has 1 saturated carbocycles. The molecule has 0 saturated heterocycles. The summed E-state index contributed by atoms with van der Waals surface area (Å²) < 4.78 is 0. The number of hydrogen-bond acceptors (Lipinski definition) is 0. The lowest BCUT2D eigenvalue weighted by Crippen LogP contribution is -1.97. The minimum atomic E-state index is 0.420. The molecule has 0 bridgehead atoms. The molecule has 2 atom stereocenters. The normalized spacial score (nSPS) is 13.4. The van der Waals surface area contributed by atoms with E-state index in [4.69, 9.17) is 0 Å². The van der Waals surface area contributed by atoms with Gasteiger partial charge in [-0.05, 0) is 239 Å². The van der Waals surface area contributed by atoms with Crippen LogP contribution >= 0.6 is 0 Å². The van der Waals surface area contributed by atoms with Gasteiger partial charge in [-0.1, -0.05) is 402 Å². The second-order valence-electron chi connectivity index (χ2n) is 34.1. The van der Waals surface area contributed by atoms with Crippen LogP contribution < -0.4 is 0 Å². The van der Waals surface area contributed by atoms with Crippen LogP contribution in [-0.4, -0.2) is 0 Å². The van der Waals surface area contributed by atoms with Gasteiger partial charge in [0, 0.05) is 23.0 Å². The Bertz CT molecular complexity index is 4300. The first-order valence-corrected chi connectivity index (χ1v) is 41.5. The molecule has 1 fully saturated rings. The fourth-order valence-corrected chi connectivity index (χ4v) is 13.0. The van der Waals surface area contributed by atoms with Crippen molar-refractivity contribution < 1.29 is 0 Å². The first-order valence-electron chi connectivity index (χ1n) is 41.5. The van der Waals surface area contributed by atoms with Gasteiger partial charge in [-0.15, -0.1) is 0 Å². The molecule has 10 aromatic rings. The molecule has 1 aliphatic rings. The molecule has 0 heteroatoms. The highest BCUT2D eigenvalue weighted by Gasteiger charge is 2.27. The zero-order valence-corrected chi connectivity index (χ0v) is 71.4. The van der Waals surface area contributed by atoms with Crippen LogP contribution in [0.5, 0.6) is 0 Å². The molecule has 1 aliphatic carbocycles. The first-order chi connectivity index (χ1) is 51.4. The maximum Gasteiger partial charge on any atom is 0.0251 e. The molecule has 108 heavy (non-hydrogen) atoms. The van der Waals surface area contributed by atoms with Gasteiger partial charge < -0.3 is 0 Å². The maximum absolute atomic E-state index is 3.22. The van der Waals surface area contributed by atoms with Crippen molar-refractivity contribution in [2.75, 3.05) is 0 Å². The molecule has 0 radical (unpaired) electrons. The van der Waals surface area contributed by atoms with Gasteiger partial charge in [0.2, 0.25) is 0 Å². The summed E-state index contributed by atoms with van der Waals surface area (Å²) in [6.07, 6.45) is 16.4. The lowest BCUT2D eigenvalue weighted by molar-refractivity contribution is 0.684. The van der Waals surface area contributed by atoms with Gasteiger partial charge >= 0.3 is 0 Å². The van der Waals surface area contributed by atoms with Crippen molar-refractivity contribution in [3.63, 3.8) is 0 Å². The van der Waals surface area contributed by atoms with Crippen LogP contribution in [0.1, 0.15) is 340 Å². The second kappa shape index (κ2) is 45.3. The van der Waals surface area contributed by atoms with Gasteiger partial charge in [-0.25, -0.2) is 0 Å². The van der Waals surface area contributed by atoms with Gasteiger partial charge in [-0.2, -0.15) is 0 Å². The third-order valence-electron chi connectivity index (χ3n) is 20.4. The summed E-state index contributed by atoms with van der Waals surface area (Å²) in [6.45, 7) is 53.0. The SMILES string of the molecule is CC(C)/C=C/c1ccc(C(C)C)cc1.CC(C)/C=C/c1ccc2cc(C(C)C)ccc2c1.CC(C)C#Cc1ccc(C(C)C)cc1.CC(C)C#Cc1ccc2cc(C(C)C)ccc2c1.CC(C)c1ccc(C2CCC(c3ccc(C(C)C)cc3)C2)cc1.CC(C)c1ccc(CCCc2ccc(C(C)C)cc2)cc1. The Morgan fingerprint density at radius 3 is 0.917 bits per heavy atom. The van der Waals surface area contributed by atoms with E-state index in [-0.39, 0.29) is 0 Å². The minimum Gasteiger partial charge on any atom is -0.0951 e. The van der Waals surface area contributed by atoms with Gasteiger partial charge in [0.15, 0.2) is 0 Å². The Balaban J connectivity index is 0.000000205. The molecule has 2 unspecified atom stereocenters. The Morgan fingerprint density at radius 2 is 0.556 bits per heavy atom.